The van der Waals surface area contributed by atoms with E-state index >= 15 is 0 Å². The fourth-order valence-electron chi connectivity index (χ4n) is 1.61. The number of nitrogens with one attached hydrogen (secondary N) is 1. The Kier molecular flexibility index (Phi) is 3.73. The Balaban J connectivity index is 2.10. The fraction of sp³-hybridized carbons (Fsp3) is 0.333. The van der Waals surface area contributed by atoms with E-state index in [1.807, 2.05) is 0 Å². The Hall–Kier alpha value is -2.05. The van der Waals surface area contributed by atoms with Gasteiger partial charge < -0.3 is 5.32 Å². The van der Waals surface area contributed by atoms with Gasteiger partial charge in [0.1, 0.15) is 0 Å². The molecule has 0 radical (unpaired) electrons. The van der Waals surface area contributed by atoms with E-state index in [9.17, 15) is 13.2 Å². The number of hydrogen-bond donors (Lipinski definition) is 1. The molecule has 7 heteroatoms. The van der Waals surface area contributed by atoms with E-state index in [-0.39, 0.29) is 0 Å². The number of benzene rings is 1. The molecule has 1 aromatic carbocycles. The maximum Gasteiger partial charge on any atom is 0.416 e. The molecular formula is C12H13F3N4. The van der Waals surface area contributed by atoms with Crippen LogP contribution in [0.4, 0.5) is 13.2 Å². The van der Waals surface area contributed by atoms with Crippen molar-refractivity contribution in [1.82, 2.24) is 10.3 Å². The molecule has 0 aromatic heterocycles. The maximum atomic E-state index is 12.5. The second kappa shape index (κ2) is 5.29. The first-order valence-corrected chi connectivity index (χ1v) is 5.70. The summed E-state index contributed by atoms with van der Waals surface area (Å²) in [4.78, 5) is 4.14. The molecule has 19 heavy (non-hydrogen) atoms. The number of alkyl halides is 3. The minimum absolute atomic E-state index is 0.389. The summed E-state index contributed by atoms with van der Waals surface area (Å²) in [6.45, 7) is 1.43. The van der Waals surface area contributed by atoms with Gasteiger partial charge in [-0.25, -0.2) is 10.0 Å². The average molecular weight is 270 g/mol. The zero-order valence-corrected chi connectivity index (χ0v) is 10.3. The van der Waals surface area contributed by atoms with Crippen LogP contribution in [0.15, 0.2) is 34.4 Å². The van der Waals surface area contributed by atoms with E-state index in [0.717, 1.165) is 18.7 Å². The monoisotopic (exact) mass is 270 g/mol. The number of nitrogens with zero attached hydrogens (tertiary/aromatic N) is 3. The van der Waals surface area contributed by atoms with Crippen LogP contribution < -0.4 is 5.32 Å². The van der Waals surface area contributed by atoms with Crippen molar-refractivity contribution in [2.45, 2.75) is 6.18 Å². The summed E-state index contributed by atoms with van der Waals surface area (Å²) in [5, 5.41) is 8.55. The summed E-state index contributed by atoms with van der Waals surface area (Å²) in [7, 11) is 1.68. The number of halogens is 3. The number of hydrazone groups is 1. The highest BCUT2D eigenvalue weighted by molar-refractivity contribution is 5.84. The van der Waals surface area contributed by atoms with Gasteiger partial charge in [0.2, 0.25) is 5.96 Å². The summed E-state index contributed by atoms with van der Waals surface area (Å²) in [5.74, 6) is 0.614. The van der Waals surface area contributed by atoms with Gasteiger partial charge in [0.15, 0.2) is 0 Å². The Bertz CT molecular complexity index is 508. The maximum absolute atomic E-state index is 12.5. The molecular weight excluding hydrogens is 257 g/mol. The first kappa shape index (κ1) is 13.4. The first-order valence-electron chi connectivity index (χ1n) is 5.70. The predicted molar refractivity (Wildman–Crippen MR) is 67.1 cm³/mol. The largest absolute Gasteiger partial charge is 0.416 e. The normalized spacial score (nSPS) is 15.5. The van der Waals surface area contributed by atoms with Crippen LogP contribution in [0, 0.1) is 0 Å². The van der Waals surface area contributed by atoms with Gasteiger partial charge in [-0.05, 0) is 17.7 Å². The SMILES string of the molecule is CN(N=Cc1cccc(C(F)(F)F)c1)C1=NCCN1. The predicted octanol–water partition coefficient (Wildman–Crippen LogP) is 1.93. The van der Waals surface area contributed by atoms with E-state index in [1.165, 1.54) is 17.3 Å². The third-order valence-corrected chi connectivity index (χ3v) is 2.56. The molecule has 0 fully saturated rings. The Labute approximate surface area is 108 Å². The van der Waals surface area contributed by atoms with Crippen LogP contribution in [0.5, 0.6) is 0 Å². The van der Waals surface area contributed by atoms with Crippen molar-refractivity contribution in [2.24, 2.45) is 10.1 Å². The van der Waals surface area contributed by atoms with Crippen molar-refractivity contribution in [3.63, 3.8) is 0 Å². The lowest BCUT2D eigenvalue weighted by Crippen LogP contribution is -2.32. The van der Waals surface area contributed by atoms with Gasteiger partial charge in [-0.15, -0.1) is 0 Å². The molecule has 0 aliphatic carbocycles. The molecule has 0 saturated carbocycles. The van der Waals surface area contributed by atoms with Crippen LogP contribution in [0.3, 0.4) is 0 Å². The number of aliphatic imine (C=N–C) groups is 1. The molecule has 1 aliphatic rings. The minimum Gasteiger partial charge on any atom is -0.353 e. The second-order valence-corrected chi connectivity index (χ2v) is 4.02. The summed E-state index contributed by atoms with van der Waals surface area (Å²) in [6, 6.07) is 5.01. The lowest BCUT2D eigenvalue weighted by atomic mass is 10.1. The van der Waals surface area contributed by atoms with E-state index in [2.05, 4.69) is 15.4 Å². The third-order valence-electron chi connectivity index (χ3n) is 2.56. The van der Waals surface area contributed by atoms with Crippen LogP contribution in [-0.2, 0) is 6.18 Å². The highest BCUT2D eigenvalue weighted by Gasteiger charge is 2.30. The van der Waals surface area contributed by atoms with Gasteiger partial charge in [0, 0.05) is 13.6 Å². The van der Waals surface area contributed by atoms with Crippen LogP contribution in [-0.4, -0.2) is 37.3 Å². The molecule has 2 rings (SSSR count). The molecule has 0 atom stereocenters. The summed E-state index contributed by atoms with van der Waals surface area (Å²) < 4.78 is 37.6. The molecule has 1 aromatic rings. The lowest BCUT2D eigenvalue weighted by Gasteiger charge is -2.12. The van der Waals surface area contributed by atoms with Crippen LogP contribution in [0.25, 0.3) is 0 Å². The van der Waals surface area contributed by atoms with Gasteiger partial charge in [0.25, 0.3) is 0 Å². The van der Waals surface area contributed by atoms with E-state index < -0.39 is 11.7 Å². The fourth-order valence-corrected chi connectivity index (χ4v) is 1.61. The van der Waals surface area contributed by atoms with Crippen LogP contribution in [0.1, 0.15) is 11.1 Å². The van der Waals surface area contributed by atoms with Crippen molar-refractivity contribution in [3.8, 4) is 0 Å². The molecule has 1 heterocycles. The van der Waals surface area contributed by atoms with Gasteiger partial charge in [0.05, 0.1) is 18.3 Å². The van der Waals surface area contributed by atoms with Crippen LogP contribution >= 0.6 is 0 Å². The molecule has 102 valence electrons. The smallest absolute Gasteiger partial charge is 0.353 e. The van der Waals surface area contributed by atoms with Crippen molar-refractivity contribution in [2.75, 3.05) is 20.1 Å². The van der Waals surface area contributed by atoms with Crippen molar-refractivity contribution >= 4 is 12.2 Å². The highest BCUT2D eigenvalue weighted by Crippen LogP contribution is 2.29. The topological polar surface area (TPSA) is 40.0 Å². The standard InChI is InChI=1S/C12H13F3N4/c1-19(11-16-5-6-17-11)18-8-9-3-2-4-10(7-9)12(13,14)15/h2-4,7-8H,5-6H2,1H3,(H,16,17). The van der Waals surface area contributed by atoms with E-state index in [4.69, 9.17) is 0 Å². The van der Waals surface area contributed by atoms with Crippen molar-refractivity contribution < 1.29 is 13.2 Å². The Morgan fingerprint density at radius 2 is 2.21 bits per heavy atom. The molecule has 0 saturated heterocycles. The Morgan fingerprint density at radius 3 is 2.84 bits per heavy atom. The van der Waals surface area contributed by atoms with Gasteiger partial charge in [-0.1, -0.05) is 12.1 Å². The van der Waals surface area contributed by atoms with Gasteiger partial charge in [-0.3, -0.25) is 0 Å². The van der Waals surface area contributed by atoms with Gasteiger partial charge in [-0.2, -0.15) is 18.3 Å². The Morgan fingerprint density at radius 1 is 1.42 bits per heavy atom. The minimum atomic E-state index is -4.34. The lowest BCUT2D eigenvalue weighted by molar-refractivity contribution is -0.137. The molecule has 0 unspecified atom stereocenters. The first-order chi connectivity index (χ1) is 8.97. The number of hydrogen-bond acceptors (Lipinski definition) is 4. The molecule has 1 N–H and O–H groups in total. The third kappa shape index (κ3) is 3.46. The molecule has 0 amide bonds. The van der Waals surface area contributed by atoms with E-state index in [0.29, 0.717) is 18.1 Å². The quantitative estimate of drug-likeness (QED) is 0.659. The molecule has 4 nitrogen and oxygen atoms in total. The van der Waals surface area contributed by atoms with Crippen LogP contribution in [0.2, 0.25) is 0 Å². The number of guanidine groups is 1. The van der Waals surface area contributed by atoms with Crippen molar-refractivity contribution in [3.05, 3.63) is 35.4 Å². The average Bonchev–Trinajstić information content (AvgIpc) is 2.89. The summed E-state index contributed by atoms with van der Waals surface area (Å²) >= 11 is 0. The zero-order valence-electron chi connectivity index (χ0n) is 10.3. The second-order valence-electron chi connectivity index (χ2n) is 4.02. The van der Waals surface area contributed by atoms with Gasteiger partial charge >= 0.3 is 6.18 Å². The summed E-state index contributed by atoms with van der Waals surface area (Å²) in [5.41, 5.74) is -0.296. The number of rotatable bonds is 2. The molecule has 1 aliphatic heterocycles. The molecule has 0 bridgehead atoms. The highest BCUT2D eigenvalue weighted by atomic mass is 19.4. The van der Waals surface area contributed by atoms with E-state index in [1.54, 1.807) is 13.1 Å². The van der Waals surface area contributed by atoms with Crippen molar-refractivity contribution in [1.29, 1.82) is 0 Å². The zero-order chi connectivity index (χ0) is 13.9. The molecule has 0 spiro atoms. The summed E-state index contributed by atoms with van der Waals surface area (Å²) in [6.07, 6.45) is -2.97.